The summed E-state index contributed by atoms with van der Waals surface area (Å²) in [5.41, 5.74) is 0.262. The second-order valence-corrected chi connectivity index (χ2v) is 5.02. The van der Waals surface area contributed by atoms with Crippen molar-refractivity contribution in [2.75, 3.05) is 0 Å². The fourth-order valence-corrected chi connectivity index (χ4v) is 1.46. The van der Waals surface area contributed by atoms with Gasteiger partial charge in [0.05, 0.1) is 0 Å². The molecule has 0 saturated carbocycles. The Labute approximate surface area is 82.5 Å². The van der Waals surface area contributed by atoms with Crippen LogP contribution in [0.2, 0.25) is 0 Å². The zero-order valence-electron chi connectivity index (χ0n) is 9.21. The lowest BCUT2D eigenvalue weighted by Crippen LogP contribution is -2.35. The Balaban J connectivity index is 0. The van der Waals surface area contributed by atoms with E-state index in [4.69, 9.17) is 11.6 Å². The summed E-state index contributed by atoms with van der Waals surface area (Å²) in [6.07, 6.45) is 3.47. The van der Waals surface area contributed by atoms with Gasteiger partial charge in [-0.3, -0.25) is 0 Å². The van der Waals surface area contributed by atoms with E-state index in [1.54, 1.807) is 0 Å². The summed E-state index contributed by atoms with van der Waals surface area (Å²) in [6.45, 7) is 11.0. The van der Waals surface area contributed by atoms with Crippen LogP contribution in [0.15, 0.2) is 0 Å². The van der Waals surface area contributed by atoms with E-state index in [2.05, 4.69) is 34.6 Å². The Bertz CT molecular complexity index is 119. The third-order valence-corrected chi connectivity index (χ3v) is 3.73. The topological polar surface area (TPSA) is 35.0 Å². The van der Waals surface area contributed by atoms with E-state index in [0.717, 1.165) is 6.42 Å². The molecule has 0 spiro atoms. The van der Waals surface area contributed by atoms with Crippen molar-refractivity contribution >= 4 is 11.6 Å². The summed E-state index contributed by atoms with van der Waals surface area (Å²) >= 11 is 6.39. The van der Waals surface area contributed by atoms with E-state index in [1.165, 1.54) is 12.8 Å². The van der Waals surface area contributed by atoms with Crippen LogP contribution in [-0.4, -0.2) is 4.87 Å². The van der Waals surface area contributed by atoms with Crippen LogP contribution in [0.4, 0.5) is 0 Å². The van der Waals surface area contributed by atoms with E-state index in [1.807, 2.05) is 0 Å². The van der Waals surface area contributed by atoms with Crippen molar-refractivity contribution in [3.05, 3.63) is 0 Å². The maximum absolute atomic E-state index is 6.39. The van der Waals surface area contributed by atoms with Crippen LogP contribution in [0.1, 0.15) is 53.9 Å². The van der Waals surface area contributed by atoms with Crippen molar-refractivity contribution in [3.63, 3.8) is 0 Å². The lowest BCUT2D eigenvalue weighted by molar-refractivity contribution is 0.230. The average molecular weight is 194 g/mol. The van der Waals surface area contributed by atoms with Crippen molar-refractivity contribution in [3.8, 4) is 0 Å². The Morgan fingerprint density at radius 3 is 1.75 bits per heavy atom. The maximum atomic E-state index is 6.39. The Hall–Kier alpha value is 0.250. The molecule has 76 valence electrons. The molecular formula is C10H24ClN. The van der Waals surface area contributed by atoms with E-state index in [-0.39, 0.29) is 16.4 Å². The van der Waals surface area contributed by atoms with Crippen LogP contribution in [-0.2, 0) is 0 Å². The van der Waals surface area contributed by atoms with Crippen molar-refractivity contribution in [1.29, 1.82) is 0 Å². The summed E-state index contributed by atoms with van der Waals surface area (Å²) < 4.78 is 0. The largest absolute Gasteiger partial charge is 0.344 e. The maximum Gasteiger partial charge on any atom is 0.0466 e. The SMILES string of the molecule is CCCC(C)(C)C(C)(Cl)CC.N. The molecule has 0 aliphatic rings. The molecule has 0 aromatic carbocycles. The van der Waals surface area contributed by atoms with E-state index in [0.29, 0.717) is 0 Å². The van der Waals surface area contributed by atoms with Crippen LogP contribution in [0, 0.1) is 5.41 Å². The van der Waals surface area contributed by atoms with Gasteiger partial charge < -0.3 is 6.15 Å². The molecule has 1 unspecified atom stereocenters. The van der Waals surface area contributed by atoms with Crippen molar-refractivity contribution < 1.29 is 0 Å². The zero-order chi connectivity index (χ0) is 9.12. The van der Waals surface area contributed by atoms with E-state index < -0.39 is 0 Å². The van der Waals surface area contributed by atoms with Crippen LogP contribution >= 0.6 is 11.6 Å². The fourth-order valence-electron chi connectivity index (χ4n) is 1.36. The predicted octanol–water partition coefficient (Wildman–Crippen LogP) is 4.38. The molecule has 1 nitrogen and oxygen atoms in total. The Morgan fingerprint density at radius 2 is 1.50 bits per heavy atom. The molecule has 0 rings (SSSR count). The smallest absolute Gasteiger partial charge is 0.0466 e. The second-order valence-electron chi connectivity index (χ2n) is 4.18. The van der Waals surface area contributed by atoms with Crippen molar-refractivity contribution in [2.24, 2.45) is 5.41 Å². The molecule has 0 saturated heterocycles. The Morgan fingerprint density at radius 1 is 1.08 bits per heavy atom. The normalized spacial score (nSPS) is 16.5. The highest BCUT2D eigenvalue weighted by molar-refractivity contribution is 6.24. The summed E-state index contributed by atoms with van der Waals surface area (Å²) in [7, 11) is 0. The lowest BCUT2D eigenvalue weighted by Gasteiger charge is -2.38. The van der Waals surface area contributed by atoms with Gasteiger partial charge in [0.2, 0.25) is 0 Å². The Kier molecular flexibility index (Phi) is 6.25. The summed E-state index contributed by atoms with van der Waals surface area (Å²) in [5, 5.41) is 0. The molecule has 0 fully saturated rings. The molecule has 0 amide bonds. The third kappa shape index (κ3) is 3.32. The molecule has 0 radical (unpaired) electrons. The fraction of sp³-hybridized carbons (Fsp3) is 1.00. The first-order valence-electron chi connectivity index (χ1n) is 4.56. The monoisotopic (exact) mass is 193 g/mol. The minimum atomic E-state index is -0.0387. The van der Waals surface area contributed by atoms with E-state index in [9.17, 15) is 0 Å². The van der Waals surface area contributed by atoms with Gasteiger partial charge in [0, 0.05) is 4.87 Å². The molecule has 0 aromatic rings. The van der Waals surface area contributed by atoms with Crippen molar-refractivity contribution in [2.45, 2.75) is 58.8 Å². The molecule has 12 heavy (non-hydrogen) atoms. The molecule has 2 heteroatoms. The summed E-state index contributed by atoms with van der Waals surface area (Å²) in [6, 6.07) is 0. The summed E-state index contributed by atoms with van der Waals surface area (Å²) in [5.74, 6) is 0. The van der Waals surface area contributed by atoms with Gasteiger partial charge in [-0.15, -0.1) is 11.6 Å². The van der Waals surface area contributed by atoms with Crippen LogP contribution < -0.4 is 6.15 Å². The quantitative estimate of drug-likeness (QED) is 0.661. The molecule has 3 N–H and O–H groups in total. The van der Waals surface area contributed by atoms with Crippen molar-refractivity contribution in [1.82, 2.24) is 6.15 Å². The highest BCUT2D eigenvalue weighted by Gasteiger charge is 2.36. The van der Waals surface area contributed by atoms with E-state index >= 15 is 0 Å². The van der Waals surface area contributed by atoms with Crippen LogP contribution in [0.25, 0.3) is 0 Å². The highest BCUT2D eigenvalue weighted by atomic mass is 35.5. The van der Waals surface area contributed by atoms with Gasteiger partial charge >= 0.3 is 0 Å². The van der Waals surface area contributed by atoms with Gasteiger partial charge in [0.1, 0.15) is 0 Å². The van der Waals surface area contributed by atoms with Gasteiger partial charge in [0.25, 0.3) is 0 Å². The molecule has 0 bridgehead atoms. The first-order valence-corrected chi connectivity index (χ1v) is 4.94. The molecule has 1 atom stereocenters. The molecule has 0 heterocycles. The lowest BCUT2D eigenvalue weighted by atomic mass is 9.74. The van der Waals surface area contributed by atoms with Gasteiger partial charge in [0.15, 0.2) is 0 Å². The number of hydrogen-bond donors (Lipinski definition) is 1. The number of alkyl halides is 1. The number of rotatable bonds is 4. The minimum Gasteiger partial charge on any atom is -0.344 e. The first-order chi connectivity index (χ1) is 4.87. The standard InChI is InChI=1S/C10H21Cl.H3N/c1-6-8-9(3,4)10(5,11)7-2;/h6-8H2,1-5H3;1H3. The van der Waals surface area contributed by atoms with Gasteiger partial charge in [-0.25, -0.2) is 0 Å². The number of hydrogen-bond acceptors (Lipinski definition) is 1. The van der Waals surface area contributed by atoms with Crippen LogP contribution in [0.5, 0.6) is 0 Å². The zero-order valence-corrected chi connectivity index (χ0v) is 9.96. The van der Waals surface area contributed by atoms with Crippen LogP contribution in [0.3, 0.4) is 0 Å². The average Bonchev–Trinajstić information content (AvgIpc) is 1.87. The van der Waals surface area contributed by atoms with Gasteiger partial charge in [-0.2, -0.15) is 0 Å². The molecular weight excluding hydrogens is 170 g/mol. The molecule has 0 aromatic heterocycles. The second kappa shape index (κ2) is 5.08. The number of halogens is 1. The third-order valence-electron chi connectivity index (χ3n) is 2.95. The molecule has 0 aliphatic heterocycles. The van der Waals surface area contributed by atoms with Gasteiger partial charge in [-0.1, -0.05) is 34.1 Å². The molecule has 0 aliphatic carbocycles. The first kappa shape index (κ1) is 14.8. The highest BCUT2D eigenvalue weighted by Crippen LogP contribution is 2.42. The predicted molar refractivity (Wildman–Crippen MR) is 58.3 cm³/mol. The summed E-state index contributed by atoms with van der Waals surface area (Å²) in [4.78, 5) is -0.0387. The van der Waals surface area contributed by atoms with Gasteiger partial charge in [-0.05, 0) is 25.2 Å². The minimum absolute atomic E-state index is 0.